The van der Waals surface area contributed by atoms with Gasteiger partial charge in [-0.2, -0.15) is 0 Å². The molecule has 0 saturated carbocycles. The number of ketones is 1. The van der Waals surface area contributed by atoms with E-state index < -0.39 is 11.8 Å². The summed E-state index contributed by atoms with van der Waals surface area (Å²) in [5, 5.41) is 2.63. The molecule has 22 heavy (non-hydrogen) atoms. The summed E-state index contributed by atoms with van der Waals surface area (Å²) in [6.45, 7) is 3.04. The van der Waals surface area contributed by atoms with Crippen molar-refractivity contribution >= 4 is 23.5 Å². The summed E-state index contributed by atoms with van der Waals surface area (Å²) < 4.78 is 5.25. The second-order valence-electron chi connectivity index (χ2n) is 4.91. The molecule has 0 spiro atoms. The Morgan fingerprint density at radius 1 is 1.09 bits per heavy atom. The van der Waals surface area contributed by atoms with Crippen LogP contribution in [-0.2, 0) is 23.9 Å². The molecule has 0 aromatic carbocycles. The van der Waals surface area contributed by atoms with Gasteiger partial charge < -0.3 is 10.1 Å². The van der Waals surface area contributed by atoms with Gasteiger partial charge in [-0.05, 0) is 6.42 Å². The Morgan fingerprint density at radius 2 is 1.77 bits per heavy atom. The number of carbonyl (C=O) groups excluding carboxylic acids is 4. The molecule has 1 N–H and O–H groups in total. The number of ether oxygens (including phenoxy) is 1. The summed E-state index contributed by atoms with van der Waals surface area (Å²) in [5.74, 6) is -0.853. The first kappa shape index (κ1) is 18.0. The molecule has 7 nitrogen and oxygen atoms in total. The fourth-order valence-corrected chi connectivity index (χ4v) is 1.91. The van der Waals surface area contributed by atoms with Crippen molar-refractivity contribution in [1.82, 2.24) is 10.2 Å². The van der Waals surface area contributed by atoms with Gasteiger partial charge in [-0.1, -0.05) is 6.92 Å². The van der Waals surface area contributed by atoms with Crippen LogP contribution in [0.15, 0.2) is 12.2 Å². The number of nitrogens with zero attached hydrogens (tertiary/aromatic N) is 1. The number of nitrogens with one attached hydrogen (secondary N) is 1. The number of rotatable bonds is 11. The summed E-state index contributed by atoms with van der Waals surface area (Å²) in [4.78, 5) is 46.3. The maximum Gasteiger partial charge on any atom is 0.253 e. The predicted molar refractivity (Wildman–Crippen MR) is 78.8 cm³/mol. The van der Waals surface area contributed by atoms with E-state index in [0.717, 1.165) is 11.3 Å². The Kier molecular flexibility index (Phi) is 8.06. The van der Waals surface area contributed by atoms with Crippen molar-refractivity contribution in [3.05, 3.63) is 12.2 Å². The van der Waals surface area contributed by atoms with E-state index in [1.807, 2.05) is 6.92 Å². The van der Waals surface area contributed by atoms with Gasteiger partial charge >= 0.3 is 0 Å². The lowest BCUT2D eigenvalue weighted by molar-refractivity contribution is -0.137. The molecule has 0 saturated heterocycles. The van der Waals surface area contributed by atoms with Crippen LogP contribution in [0.5, 0.6) is 0 Å². The van der Waals surface area contributed by atoms with Crippen LogP contribution in [0.3, 0.4) is 0 Å². The summed E-state index contributed by atoms with van der Waals surface area (Å²) in [6.07, 6.45) is 4.25. The molecule has 0 radical (unpaired) electrons. The fraction of sp³-hybridized carbons (Fsp3) is 0.600. The van der Waals surface area contributed by atoms with Crippen LogP contribution in [0, 0.1) is 0 Å². The van der Waals surface area contributed by atoms with E-state index in [4.69, 9.17) is 4.74 Å². The number of imide groups is 1. The SMILES string of the molecule is CCCC(=O)CCOCCNC(=O)CCN1C(=O)C=CC1=O. The van der Waals surface area contributed by atoms with Crippen molar-refractivity contribution in [3.63, 3.8) is 0 Å². The van der Waals surface area contributed by atoms with Crippen LogP contribution in [0.2, 0.25) is 0 Å². The van der Waals surface area contributed by atoms with Crippen LogP contribution in [0.25, 0.3) is 0 Å². The Hall–Kier alpha value is -2.02. The third-order valence-electron chi connectivity index (χ3n) is 3.09. The van der Waals surface area contributed by atoms with Crippen molar-refractivity contribution < 1.29 is 23.9 Å². The molecule has 122 valence electrons. The molecule has 0 fully saturated rings. The van der Waals surface area contributed by atoms with Crippen LogP contribution >= 0.6 is 0 Å². The van der Waals surface area contributed by atoms with Crippen molar-refractivity contribution in [1.29, 1.82) is 0 Å². The zero-order valence-electron chi connectivity index (χ0n) is 12.8. The Labute approximate surface area is 129 Å². The molecule has 3 amide bonds. The zero-order chi connectivity index (χ0) is 16.4. The van der Waals surface area contributed by atoms with Crippen LogP contribution in [-0.4, -0.2) is 54.7 Å². The van der Waals surface area contributed by atoms with E-state index in [1.54, 1.807) is 0 Å². The highest BCUT2D eigenvalue weighted by Gasteiger charge is 2.23. The molecule has 0 aromatic heterocycles. The van der Waals surface area contributed by atoms with Gasteiger partial charge in [0.05, 0.1) is 13.2 Å². The van der Waals surface area contributed by atoms with E-state index in [0.29, 0.717) is 32.6 Å². The first-order chi connectivity index (χ1) is 10.5. The second kappa shape index (κ2) is 9.83. The van der Waals surface area contributed by atoms with E-state index in [1.165, 1.54) is 12.2 Å². The number of amides is 3. The van der Waals surface area contributed by atoms with Crippen molar-refractivity contribution in [2.75, 3.05) is 26.3 Å². The minimum atomic E-state index is -0.391. The lowest BCUT2D eigenvalue weighted by atomic mass is 10.2. The normalized spacial score (nSPS) is 13.8. The average molecular weight is 310 g/mol. The van der Waals surface area contributed by atoms with Gasteiger partial charge in [0, 0.05) is 44.5 Å². The highest BCUT2D eigenvalue weighted by atomic mass is 16.5. The van der Waals surface area contributed by atoms with E-state index in [-0.39, 0.29) is 24.7 Å². The summed E-state index contributed by atoms with van der Waals surface area (Å²) in [7, 11) is 0. The van der Waals surface area contributed by atoms with Crippen LogP contribution in [0.4, 0.5) is 0 Å². The van der Waals surface area contributed by atoms with E-state index >= 15 is 0 Å². The number of hydrogen-bond acceptors (Lipinski definition) is 5. The van der Waals surface area contributed by atoms with Gasteiger partial charge in [-0.3, -0.25) is 24.1 Å². The lowest BCUT2D eigenvalue weighted by Gasteiger charge is -2.13. The Morgan fingerprint density at radius 3 is 2.41 bits per heavy atom. The smallest absolute Gasteiger partial charge is 0.253 e. The van der Waals surface area contributed by atoms with Gasteiger partial charge in [-0.15, -0.1) is 0 Å². The molecule has 7 heteroatoms. The second-order valence-corrected chi connectivity index (χ2v) is 4.91. The number of carbonyl (C=O) groups is 4. The van der Waals surface area contributed by atoms with Gasteiger partial charge in [0.1, 0.15) is 5.78 Å². The molecule has 0 unspecified atom stereocenters. The molecule has 0 aliphatic carbocycles. The maximum absolute atomic E-state index is 11.5. The Balaban J connectivity index is 2.01. The first-order valence-corrected chi connectivity index (χ1v) is 7.44. The van der Waals surface area contributed by atoms with Gasteiger partial charge in [-0.25, -0.2) is 0 Å². The van der Waals surface area contributed by atoms with Crippen LogP contribution in [0.1, 0.15) is 32.6 Å². The molecule has 1 aliphatic heterocycles. The third-order valence-corrected chi connectivity index (χ3v) is 3.09. The summed E-state index contributed by atoms with van der Waals surface area (Å²) in [6, 6.07) is 0. The standard InChI is InChI=1S/C15H22N2O5/c1-2-3-12(18)7-10-22-11-8-16-13(19)6-9-17-14(20)4-5-15(17)21/h4-5H,2-3,6-11H2,1H3,(H,16,19). The van der Waals surface area contributed by atoms with Gasteiger partial charge in [0.15, 0.2) is 0 Å². The number of hydrogen-bond donors (Lipinski definition) is 1. The molecule has 1 heterocycles. The average Bonchev–Trinajstić information content (AvgIpc) is 2.80. The summed E-state index contributed by atoms with van der Waals surface area (Å²) >= 11 is 0. The van der Waals surface area contributed by atoms with E-state index in [9.17, 15) is 19.2 Å². The van der Waals surface area contributed by atoms with Gasteiger partial charge in [0.2, 0.25) is 5.91 Å². The highest BCUT2D eigenvalue weighted by Crippen LogP contribution is 2.03. The van der Waals surface area contributed by atoms with Gasteiger partial charge in [0.25, 0.3) is 11.8 Å². The minimum absolute atomic E-state index is 0.0636. The predicted octanol–water partition coefficient (Wildman–Crippen LogP) is 0.194. The quantitative estimate of drug-likeness (QED) is 0.434. The highest BCUT2D eigenvalue weighted by molar-refractivity contribution is 6.13. The fourth-order valence-electron chi connectivity index (χ4n) is 1.91. The monoisotopic (exact) mass is 310 g/mol. The topological polar surface area (TPSA) is 92.8 Å². The molecule has 1 rings (SSSR count). The first-order valence-electron chi connectivity index (χ1n) is 7.44. The van der Waals surface area contributed by atoms with E-state index in [2.05, 4.69) is 5.32 Å². The molecule has 0 atom stereocenters. The maximum atomic E-state index is 11.5. The summed E-state index contributed by atoms with van der Waals surface area (Å²) in [5.41, 5.74) is 0. The minimum Gasteiger partial charge on any atom is -0.379 e. The molecule has 1 aliphatic rings. The molecule has 0 bridgehead atoms. The van der Waals surface area contributed by atoms with Crippen molar-refractivity contribution in [2.24, 2.45) is 0 Å². The molecular formula is C15H22N2O5. The zero-order valence-corrected chi connectivity index (χ0v) is 12.8. The largest absolute Gasteiger partial charge is 0.379 e. The third kappa shape index (κ3) is 6.62. The number of Topliss-reactive ketones (excluding diaryl/α,β-unsaturated/α-hetero) is 1. The molecule has 0 aromatic rings. The van der Waals surface area contributed by atoms with Crippen LogP contribution < -0.4 is 5.32 Å². The molecular weight excluding hydrogens is 288 g/mol. The lowest BCUT2D eigenvalue weighted by Crippen LogP contribution is -2.35. The van der Waals surface area contributed by atoms with Crippen molar-refractivity contribution in [3.8, 4) is 0 Å². The van der Waals surface area contributed by atoms with Crippen molar-refractivity contribution in [2.45, 2.75) is 32.6 Å². The Bertz CT molecular complexity index is 441.